The van der Waals surface area contributed by atoms with Gasteiger partial charge in [0, 0.05) is 5.69 Å². The molecule has 1 heterocycles. The Labute approximate surface area is 118 Å². The van der Waals surface area contributed by atoms with E-state index in [0.29, 0.717) is 5.88 Å². The largest absolute Gasteiger partial charge is 0.237 e. The molecule has 2 nitrogen and oxygen atoms in total. The lowest BCUT2D eigenvalue weighted by Gasteiger charge is -2.41. The quantitative estimate of drug-likeness (QED) is 0.790. The highest BCUT2D eigenvalue weighted by molar-refractivity contribution is 6.16. The highest BCUT2D eigenvalue weighted by Crippen LogP contribution is 2.47. The first kappa shape index (κ1) is 12.6. The maximum Gasteiger partial charge on any atom is 0.139 e. The number of nitrogens with zero attached hydrogens (tertiary/aromatic N) is 2. The molecule has 0 atom stereocenters. The zero-order valence-electron chi connectivity index (χ0n) is 11.1. The number of hydrogen-bond acceptors (Lipinski definition) is 2. The van der Waals surface area contributed by atoms with Crippen molar-refractivity contribution in [3.8, 4) is 0 Å². The summed E-state index contributed by atoms with van der Waals surface area (Å²) >= 11 is 5.94. The first-order valence-electron chi connectivity index (χ1n) is 6.71. The van der Waals surface area contributed by atoms with Crippen LogP contribution in [-0.4, -0.2) is 9.97 Å². The van der Waals surface area contributed by atoms with Gasteiger partial charge in [-0.05, 0) is 31.4 Å². The van der Waals surface area contributed by atoms with Crippen molar-refractivity contribution in [2.75, 3.05) is 0 Å². The van der Waals surface area contributed by atoms with Gasteiger partial charge in [-0.25, -0.2) is 9.97 Å². The van der Waals surface area contributed by atoms with Crippen LogP contribution in [-0.2, 0) is 11.3 Å². The van der Waals surface area contributed by atoms with Gasteiger partial charge in [0.2, 0.25) is 0 Å². The van der Waals surface area contributed by atoms with Crippen molar-refractivity contribution < 1.29 is 0 Å². The predicted octanol–water partition coefficient (Wildman–Crippen LogP) is 3.99. The number of rotatable bonds is 3. The lowest BCUT2D eigenvalue weighted by molar-refractivity contribution is 0.284. The average molecular weight is 273 g/mol. The first-order valence-corrected chi connectivity index (χ1v) is 7.24. The molecule has 0 amide bonds. The van der Waals surface area contributed by atoms with Gasteiger partial charge < -0.3 is 0 Å². The molecule has 98 valence electrons. The molecule has 0 radical (unpaired) electrons. The topological polar surface area (TPSA) is 25.8 Å². The van der Waals surface area contributed by atoms with Crippen molar-refractivity contribution in [3.05, 3.63) is 59.2 Å². The van der Waals surface area contributed by atoms with Gasteiger partial charge >= 0.3 is 0 Å². The van der Waals surface area contributed by atoms with Gasteiger partial charge in [0.1, 0.15) is 5.82 Å². The van der Waals surface area contributed by atoms with Crippen molar-refractivity contribution in [1.29, 1.82) is 0 Å². The Morgan fingerprint density at radius 3 is 2.47 bits per heavy atom. The second-order valence-corrected chi connectivity index (χ2v) is 5.53. The van der Waals surface area contributed by atoms with Crippen LogP contribution in [0.25, 0.3) is 0 Å². The third-order valence-corrected chi connectivity index (χ3v) is 4.28. The van der Waals surface area contributed by atoms with Crippen molar-refractivity contribution in [2.24, 2.45) is 0 Å². The molecule has 3 rings (SSSR count). The van der Waals surface area contributed by atoms with Crippen LogP contribution >= 0.6 is 11.6 Å². The monoisotopic (exact) mass is 272 g/mol. The number of hydrogen-bond donors (Lipinski definition) is 0. The van der Waals surface area contributed by atoms with E-state index in [-0.39, 0.29) is 5.41 Å². The standard InChI is InChI=1S/C16H17ClN2/c1-12-10-14(11-17)19-15(18-12)16(8-5-9-16)13-6-3-2-4-7-13/h2-4,6-7,10H,5,8-9,11H2,1H3. The maximum absolute atomic E-state index is 5.94. The Bertz CT molecular complexity index is 577. The number of halogens is 1. The Morgan fingerprint density at radius 2 is 1.89 bits per heavy atom. The van der Waals surface area contributed by atoms with Gasteiger partial charge in [0.25, 0.3) is 0 Å². The summed E-state index contributed by atoms with van der Waals surface area (Å²) in [4.78, 5) is 9.36. The molecule has 1 aromatic heterocycles. The van der Waals surface area contributed by atoms with Crippen molar-refractivity contribution in [2.45, 2.75) is 37.5 Å². The molecular formula is C16H17ClN2. The summed E-state index contributed by atoms with van der Waals surface area (Å²) in [5, 5.41) is 0. The van der Waals surface area contributed by atoms with Crippen LogP contribution in [0.4, 0.5) is 0 Å². The minimum atomic E-state index is 0.00802. The van der Waals surface area contributed by atoms with Gasteiger partial charge in [-0.1, -0.05) is 36.8 Å². The summed E-state index contributed by atoms with van der Waals surface area (Å²) in [6.07, 6.45) is 3.49. The number of alkyl halides is 1. The van der Waals surface area contributed by atoms with E-state index in [0.717, 1.165) is 30.1 Å². The van der Waals surface area contributed by atoms with Crippen LogP contribution < -0.4 is 0 Å². The molecule has 0 unspecified atom stereocenters. The molecule has 0 saturated heterocycles. The molecule has 2 aromatic rings. The lowest BCUT2D eigenvalue weighted by Crippen LogP contribution is -2.37. The average Bonchev–Trinajstić information content (AvgIpc) is 2.38. The molecule has 1 aliphatic rings. The summed E-state index contributed by atoms with van der Waals surface area (Å²) in [6, 6.07) is 12.6. The Balaban J connectivity index is 2.10. The normalized spacial score (nSPS) is 16.9. The molecule has 1 aromatic carbocycles. The van der Waals surface area contributed by atoms with E-state index in [9.17, 15) is 0 Å². The summed E-state index contributed by atoms with van der Waals surface area (Å²) < 4.78 is 0. The fraction of sp³-hybridized carbons (Fsp3) is 0.375. The summed E-state index contributed by atoms with van der Waals surface area (Å²) in [6.45, 7) is 2.01. The summed E-state index contributed by atoms with van der Waals surface area (Å²) in [5.74, 6) is 1.39. The van der Waals surface area contributed by atoms with E-state index in [4.69, 9.17) is 11.6 Å². The van der Waals surface area contributed by atoms with E-state index in [1.54, 1.807) is 0 Å². The summed E-state index contributed by atoms with van der Waals surface area (Å²) in [7, 11) is 0. The lowest BCUT2D eigenvalue weighted by atomic mass is 9.64. The number of benzene rings is 1. The van der Waals surface area contributed by atoms with E-state index in [1.807, 2.05) is 13.0 Å². The molecule has 0 bridgehead atoms. The molecule has 1 aliphatic carbocycles. The minimum Gasteiger partial charge on any atom is -0.237 e. The van der Waals surface area contributed by atoms with E-state index in [2.05, 4.69) is 40.3 Å². The summed E-state index contributed by atoms with van der Waals surface area (Å²) in [5.41, 5.74) is 3.26. The maximum atomic E-state index is 5.94. The zero-order chi connectivity index (χ0) is 13.3. The number of aromatic nitrogens is 2. The first-order chi connectivity index (χ1) is 9.24. The van der Waals surface area contributed by atoms with Crippen LogP contribution in [0.2, 0.25) is 0 Å². The van der Waals surface area contributed by atoms with Gasteiger partial charge in [0.05, 0.1) is 17.0 Å². The molecular weight excluding hydrogens is 256 g/mol. The van der Waals surface area contributed by atoms with Crippen LogP contribution in [0.15, 0.2) is 36.4 Å². The predicted molar refractivity (Wildman–Crippen MR) is 77.4 cm³/mol. The number of aryl methyl sites for hydroxylation is 1. The van der Waals surface area contributed by atoms with Gasteiger partial charge in [0.15, 0.2) is 0 Å². The SMILES string of the molecule is Cc1cc(CCl)nc(C2(c3ccccc3)CCC2)n1. The van der Waals surface area contributed by atoms with Crippen LogP contribution in [0.5, 0.6) is 0 Å². The molecule has 19 heavy (non-hydrogen) atoms. The fourth-order valence-corrected chi connectivity index (χ4v) is 2.98. The minimum absolute atomic E-state index is 0.00802. The van der Waals surface area contributed by atoms with Crippen LogP contribution in [0.3, 0.4) is 0 Å². The Hall–Kier alpha value is -1.41. The smallest absolute Gasteiger partial charge is 0.139 e. The van der Waals surface area contributed by atoms with E-state index in [1.165, 1.54) is 12.0 Å². The van der Waals surface area contributed by atoms with Crippen molar-refractivity contribution in [3.63, 3.8) is 0 Å². The molecule has 1 fully saturated rings. The van der Waals surface area contributed by atoms with Gasteiger partial charge in [-0.2, -0.15) is 0 Å². The van der Waals surface area contributed by atoms with Crippen LogP contribution in [0.1, 0.15) is 42.0 Å². The molecule has 0 spiro atoms. The third kappa shape index (κ3) is 2.14. The van der Waals surface area contributed by atoms with Crippen LogP contribution in [0, 0.1) is 6.92 Å². The highest BCUT2D eigenvalue weighted by atomic mass is 35.5. The fourth-order valence-electron chi connectivity index (χ4n) is 2.85. The molecule has 0 aliphatic heterocycles. The third-order valence-electron chi connectivity index (χ3n) is 4.01. The second kappa shape index (κ2) is 4.93. The van der Waals surface area contributed by atoms with E-state index < -0.39 is 0 Å². The van der Waals surface area contributed by atoms with Gasteiger partial charge in [-0.15, -0.1) is 11.6 Å². The van der Waals surface area contributed by atoms with Crippen molar-refractivity contribution >= 4 is 11.6 Å². The van der Waals surface area contributed by atoms with Crippen molar-refractivity contribution in [1.82, 2.24) is 9.97 Å². The second-order valence-electron chi connectivity index (χ2n) is 5.26. The molecule has 3 heteroatoms. The van der Waals surface area contributed by atoms with E-state index >= 15 is 0 Å². The molecule has 0 N–H and O–H groups in total. The Morgan fingerprint density at radius 1 is 1.16 bits per heavy atom. The highest BCUT2D eigenvalue weighted by Gasteiger charge is 2.43. The zero-order valence-corrected chi connectivity index (χ0v) is 11.8. The molecule has 1 saturated carbocycles. The Kier molecular flexibility index (Phi) is 3.28. The van der Waals surface area contributed by atoms with Gasteiger partial charge in [-0.3, -0.25) is 0 Å².